The molecule has 32 aromatic rings. The normalized spacial score (nSPS) is 12.3. The molecule has 0 aliphatic rings. The molecule has 0 saturated heterocycles. The van der Waals surface area contributed by atoms with E-state index < -0.39 is 0 Å². The van der Waals surface area contributed by atoms with Crippen molar-refractivity contribution >= 4 is 256 Å². The van der Waals surface area contributed by atoms with Crippen LogP contribution in [0.25, 0.3) is 273 Å². The molecule has 0 spiro atoms. The first-order chi connectivity index (χ1) is 67.0. The first-order valence-corrected chi connectivity index (χ1v) is 46.6. The summed E-state index contributed by atoms with van der Waals surface area (Å²) in [6, 6.07) is 151. The minimum absolute atomic E-state index is 0.920. The zero-order chi connectivity index (χ0) is 87.9. The summed E-state index contributed by atoms with van der Waals surface area (Å²) in [5.74, 6) is 0. The number of aromatic nitrogens is 13. The van der Waals surface area contributed by atoms with Gasteiger partial charge in [-0.05, 0) is 229 Å². The lowest BCUT2D eigenvalue weighted by atomic mass is 10.0. The molecule has 0 atom stereocenters. The van der Waals surface area contributed by atoms with Crippen LogP contribution in [0, 0.1) is 0 Å². The summed E-state index contributed by atoms with van der Waals surface area (Å²) in [6.07, 6.45) is 3.77. The minimum Gasteiger partial charge on any atom is -0.309 e. The number of imidazole rings is 3. The number of pyridine rings is 5. The van der Waals surface area contributed by atoms with Crippen molar-refractivity contribution in [3.8, 4) is 28.4 Å². The van der Waals surface area contributed by atoms with Gasteiger partial charge in [0.05, 0.1) is 105 Å². The predicted molar refractivity (Wildman–Crippen MR) is 563 cm³/mol. The molecule has 626 valence electrons. The fraction of sp³-hybridized carbons (Fsp3) is 0. The minimum atomic E-state index is 0.920. The Balaban J connectivity index is 0.0000000967. The van der Waals surface area contributed by atoms with Gasteiger partial charge < -0.3 is 22.8 Å². The highest BCUT2D eigenvalue weighted by atomic mass is 32.1. The second-order valence-electron chi connectivity index (χ2n) is 35.4. The lowest BCUT2D eigenvalue weighted by molar-refractivity contribution is 1.16. The van der Waals surface area contributed by atoms with Crippen molar-refractivity contribution in [3.05, 3.63) is 431 Å². The zero-order valence-corrected chi connectivity index (χ0v) is 73.0. The number of hydrogen-bond donors (Lipinski definition) is 0. The summed E-state index contributed by atoms with van der Waals surface area (Å²) in [4.78, 5) is 25.4. The largest absolute Gasteiger partial charge is 0.309 e. The quantitative estimate of drug-likeness (QED) is 0.160. The number of para-hydroxylation sites is 14. The third kappa shape index (κ3) is 10.6. The van der Waals surface area contributed by atoms with Crippen molar-refractivity contribution in [2.45, 2.75) is 0 Å². The average Bonchev–Trinajstić information content (AvgIpc) is 1.56. The second kappa shape index (κ2) is 28.2. The first-order valence-electron chi connectivity index (χ1n) is 45.8. The van der Waals surface area contributed by atoms with Crippen molar-refractivity contribution in [1.82, 2.24) is 61.0 Å². The van der Waals surface area contributed by atoms with E-state index in [1.54, 1.807) is 0 Å². The Morgan fingerprint density at radius 3 is 0.926 bits per heavy atom. The molecule has 0 aliphatic heterocycles. The fourth-order valence-corrected chi connectivity index (χ4v) is 23.7. The molecule has 135 heavy (non-hydrogen) atoms. The predicted octanol–water partition coefficient (Wildman–Crippen LogP) is 31.0. The number of hydrogen-bond acceptors (Lipinski definition) is 6. The van der Waals surface area contributed by atoms with Gasteiger partial charge in [0, 0.05) is 147 Å². The number of nitrogens with zero attached hydrogens (tertiary/aromatic N) is 13. The van der Waals surface area contributed by atoms with Crippen molar-refractivity contribution in [1.29, 1.82) is 0 Å². The number of fused-ring (bicyclic) bond motifs is 42. The fourth-order valence-electron chi connectivity index (χ4n) is 22.6. The van der Waals surface area contributed by atoms with Crippen molar-refractivity contribution in [2.24, 2.45) is 0 Å². The first kappa shape index (κ1) is 73.8. The van der Waals surface area contributed by atoms with E-state index in [1.165, 1.54) is 134 Å². The van der Waals surface area contributed by atoms with Crippen LogP contribution in [-0.4, -0.2) is 61.0 Å². The van der Waals surface area contributed by atoms with Crippen LogP contribution in [0.15, 0.2) is 431 Å². The Labute approximate surface area is 770 Å². The van der Waals surface area contributed by atoms with Crippen LogP contribution in [-0.2, 0) is 0 Å². The van der Waals surface area contributed by atoms with Crippen LogP contribution in [0.5, 0.6) is 0 Å². The molecule has 13 nitrogen and oxygen atoms in total. The van der Waals surface area contributed by atoms with Crippen molar-refractivity contribution < 1.29 is 0 Å². The van der Waals surface area contributed by atoms with Gasteiger partial charge in [-0.3, -0.25) is 18.2 Å². The molecule has 14 aromatic heterocycles. The Morgan fingerprint density at radius 1 is 0.156 bits per heavy atom. The number of rotatable bonds is 5. The maximum absolute atomic E-state index is 5.20. The molecule has 14 heterocycles. The maximum Gasteiger partial charge on any atom is 0.147 e. The highest BCUT2D eigenvalue weighted by molar-refractivity contribution is 7.25. The second-order valence-corrected chi connectivity index (χ2v) is 36.5. The average molecular weight is 1740 g/mol. The SMILES string of the molecule is c1ccc(-n2c3cc4sc5ccccc5c4cc3c3cc4c5ccccc5n5c6ccccc6nc5c4cc32)cc1.c1ccc(-n2c3ccccc3c3cc4c5cc6c(cc5n(-c5ccccc5)c4cc32)c2nc3ccccc3n2c2cccnc62)cc1.c1ccc(-n2c3ccccc3c3cc4c5cc6c7cccnc7n7c8ccccc8nc7c6cc5n(-c5ccccc5)c4cc32)cc1. The van der Waals surface area contributed by atoms with E-state index in [4.69, 9.17) is 24.9 Å². The molecule has 14 heteroatoms. The van der Waals surface area contributed by atoms with E-state index in [2.05, 4.69) is 436 Å². The summed E-state index contributed by atoms with van der Waals surface area (Å²) in [5, 5.41) is 24.2. The van der Waals surface area contributed by atoms with Crippen molar-refractivity contribution in [2.75, 3.05) is 0 Å². The highest BCUT2D eigenvalue weighted by Gasteiger charge is 2.28. The van der Waals surface area contributed by atoms with Crippen LogP contribution in [0.2, 0.25) is 0 Å². The van der Waals surface area contributed by atoms with Gasteiger partial charge in [-0.25, -0.2) is 19.9 Å². The molecule has 0 bridgehead atoms. The van der Waals surface area contributed by atoms with Gasteiger partial charge in [-0.15, -0.1) is 11.3 Å². The zero-order valence-electron chi connectivity index (χ0n) is 72.2. The summed E-state index contributed by atoms with van der Waals surface area (Å²) in [7, 11) is 0. The van der Waals surface area contributed by atoms with Gasteiger partial charge in [-0.1, -0.05) is 200 Å². The van der Waals surface area contributed by atoms with Crippen molar-refractivity contribution in [3.63, 3.8) is 0 Å². The maximum atomic E-state index is 5.20. The molecule has 0 saturated carbocycles. The monoisotopic (exact) mass is 1740 g/mol. The Bertz CT molecular complexity index is 10300. The third-order valence-electron chi connectivity index (χ3n) is 28.3. The summed E-state index contributed by atoms with van der Waals surface area (Å²) >= 11 is 1.87. The lowest BCUT2D eigenvalue weighted by Gasteiger charge is -2.11. The Morgan fingerprint density at radius 2 is 0.452 bits per heavy atom. The van der Waals surface area contributed by atoms with E-state index >= 15 is 0 Å². The van der Waals surface area contributed by atoms with E-state index in [1.807, 2.05) is 41.9 Å². The molecular formula is C121H71N13S. The van der Waals surface area contributed by atoms with Gasteiger partial charge >= 0.3 is 0 Å². The molecule has 0 N–H and O–H groups in total. The van der Waals surface area contributed by atoms with Crippen LogP contribution >= 0.6 is 11.3 Å². The molecular weight excluding hydrogens is 1670 g/mol. The molecule has 0 fully saturated rings. The molecule has 18 aromatic carbocycles. The Hall–Kier alpha value is -18.1. The lowest BCUT2D eigenvalue weighted by Crippen LogP contribution is -1.96. The van der Waals surface area contributed by atoms with Crippen LogP contribution < -0.4 is 0 Å². The molecule has 0 unspecified atom stereocenters. The van der Waals surface area contributed by atoms with E-state index in [0.717, 1.165) is 139 Å². The van der Waals surface area contributed by atoms with Gasteiger partial charge in [0.1, 0.15) is 22.6 Å². The Kier molecular flexibility index (Phi) is 15.4. The van der Waals surface area contributed by atoms with Gasteiger partial charge in [-0.2, -0.15) is 0 Å². The third-order valence-corrected chi connectivity index (χ3v) is 29.4. The van der Waals surface area contributed by atoms with Gasteiger partial charge in [0.2, 0.25) is 0 Å². The van der Waals surface area contributed by atoms with Crippen LogP contribution in [0.4, 0.5) is 0 Å². The smallest absolute Gasteiger partial charge is 0.147 e. The molecule has 0 aliphatic carbocycles. The van der Waals surface area contributed by atoms with E-state index in [-0.39, 0.29) is 0 Å². The molecule has 0 amide bonds. The van der Waals surface area contributed by atoms with Gasteiger partial charge in [0.15, 0.2) is 0 Å². The van der Waals surface area contributed by atoms with Crippen LogP contribution in [0.1, 0.15) is 0 Å². The standard InChI is InChI=1S/2C42H25N5.C37H21N3S/c1-3-12-26(13-4-1)45-36-19-9-7-16-28(36)31-23-33-32-22-30-29-17-11-21-43-41(29)47-37-20-10-8-18-35(37)44-42(47)34(30)24-38(32)46(40(33)25-39(31)45)27-14-5-2-6-15-27;1-3-12-26(13-4-1)45-35-18-9-7-16-28(35)29-22-30-31-23-32-33(24-38(31)46(40(30)25-39(29)45)27-14-5-2-6-15-27)42-44-34-17-8-10-19-36(34)47(42)37-20-11-21-43-41(32)37;1-2-10-22(11-3-1)39-33-20-29-25(23-12-4-7-15-31(23)40-32-16-8-6-14-30(32)38-37(29)40)18-26(33)27-19-28-24-13-5-9-17-35(24)41-36(28)21-34(27)39/h2*1-25H;1-21H. The summed E-state index contributed by atoms with van der Waals surface area (Å²) in [5.41, 5.74) is 30.8. The number of thiophene rings is 1. The van der Waals surface area contributed by atoms with E-state index in [0.29, 0.717) is 0 Å². The molecule has 0 radical (unpaired) electrons. The summed E-state index contributed by atoms with van der Waals surface area (Å²) < 4.78 is 21.5. The highest BCUT2D eigenvalue weighted by Crippen LogP contribution is 2.49. The van der Waals surface area contributed by atoms with Gasteiger partial charge in [0.25, 0.3) is 0 Å². The summed E-state index contributed by atoms with van der Waals surface area (Å²) in [6.45, 7) is 0. The van der Waals surface area contributed by atoms with E-state index in [9.17, 15) is 0 Å². The number of benzene rings is 18. The van der Waals surface area contributed by atoms with Crippen LogP contribution in [0.3, 0.4) is 0 Å². The molecule has 32 rings (SSSR count). The topological polar surface area (TPSA) is 102 Å².